The van der Waals surface area contributed by atoms with Crippen molar-refractivity contribution in [2.45, 2.75) is 18.4 Å². The monoisotopic (exact) mass is 319 g/mol. The highest BCUT2D eigenvalue weighted by atomic mass is 32.2. The molecule has 108 valence electrons. The molecule has 0 spiro atoms. The van der Waals surface area contributed by atoms with E-state index in [0.717, 1.165) is 17.1 Å². The first-order valence-corrected chi connectivity index (χ1v) is 7.81. The average molecular weight is 319 g/mol. The number of aromatic nitrogens is 1. The second kappa shape index (κ2) is 5.43. The molecule has 0 aliphatic heterocycles. The van der Waals surface area contributed by atoms with Gasteiger partial charge in [-0.1, -0.05) is 0 Å². The molecule has 0 saturated heterocycles. The van der Waals surface area contributed by atoms with Crippen molar-refractivity contribution in [1.82, 2.24) is 9.71 Å². The maximum atomic E-state index is 13.6. The zero-order valence-corrected chi connectivity index (χ0v) is 12.0. The predicted octanol–water partition coefficient (Wildman–Crippen LogP) is 1.79. The Morgan fingerprint density at radius 1 is 1.35 bits per heavy atom. The maximum Gasteiger partial charge on any atom is 0.246 e. The van der Waals surface area contributed by atoms with Gasteiger partial charge >= 0.3 is 0 Å². The molecule has 0 fully saturated rings. The lowest BCUT2D eigenvalue weighted by atomic mass is 10.3. The first-order chi connectivity index (χ1) is 9.29. The molecule has 0 amide bonds. The smallest absolute Gasteiger partial charge is 0.246 e. The van der Waals surface area contributed by atoms with Gasteiger partial charge in [-0.05, 0) is 19.1 Å². The molecule has 5 nitrogen and oxygen atoms in total. The third-order valence-corrected chi connectivity index (χ3v) is 4.67. The summed E-state index contributed by atoms with van der Waals surface area (Å²) in [6.07, 6.45) is 0. The molecule has 9 heteroatoms. The average Bonchev–Trinajstić information content (AvgIpc) is 2.71. The van der Waals surface area contributed by atoms with Crippen LogP contribution in [0.25, 0.3) is 0 Å². The summed E-state index contributed by atoms with van der Waals surface area (Å²) in [4.78, 5) is 3.01. The van der Waals surface area contributed by atoms with Crippen LogP contribution in [0.1, 0.15) is 10.7 Å². The van der Waals surface area contributed by atoms with Gasteiger partial charge in [0, 0.05) is 11.1 Å². The van der Waals surface area contributed by atoms with Crippen molar-refractivity contribution >= 4 is 27.0 Å². The van der Waals surface area contributed by atoms with Crippen molar-refractivity contribution in [3.05, 3.63) is 39.8 Å². The standard InChI is InChI=1S/C11H11F2N3O2S2/c1-6-16-8(5-19-6)4-15-20(17,18)11-9(12)2-7(14)3-10(11)13/h2-3,5,15H,4,14H2,1H3. The SMILES string of the molecule is Cc1nc(CNS(=O)(=O)c2c(F)cc(N)cc2F)cs1. The van der Waals surface area contributed by atoms with Gasteiger partial charge in [0.05, 0.1) is 17.2 Å². The molecule has 2 aromatic rings. The van der Waals surface area contributed by atoms with Gasteiger partial charge < -0.3 is 5.73 Å². The summed E-state index contributed by atoms with van der Waals surface area (Å²) in [6, 6.07) is 1.51. The van der Waals surface area contributed by atoms with Gasteiger partial charge in [-0.15, -0.1) is 11.3 Å². The van der Waals surface area contributed by atoms with E-state index in [2.05, 4.69) is 9.71 Å². The number of aryl methyl sites for hydroxylation is 1. The summed E-state index contributed by atoms with van der Waals surface area (Å²) < 4.78 is 53.1. The summed E-state index contributed by atoms with van der Waals surface area (Å²) in [5.41, 5.74) is 5.53. The highest BCUT2D eigenvalue weighted by Crippen LogP contribution is 2.21. The van der Waals surface area contributed by atoms with E-state index in [0.29, 0.717) is 5.69 Å². The lowest BCUT2D eigenvalue weighted by Gasteiger charge is -2.08. The molecule has 0 aliphatic carbocycles. The van der Waals surface area contributed by atoms with E-state index in [9.17, 15) is 17.2 Å². The molecule has 0 unspecified atom stereocenters. The molecule has 1 aromatic carbocycles. The van der Waals surface area contributed by atoms with Crippen LogP contribution in [0.3, 0.4) is 0 Å². The fourth-order valence-corrected chi connectivity index (χ4v) is 3.29. The number of thiazole rings is 1. The Bertz CT molecular complexity index is 721. The molecule has 0 aliphatic rings. The van der Waals surface area contributed by atoms with Crippen LogP contribution in [-0.2, 0) is 16.6 Å². The number of nitrogen functional groups attached to an aromatic ring is 1. The molecular formula is C11H11F2N3O2S2. The third-order valence-electron chi connectivity index (χ3n) is 2.40. The highest BCUT2D eigenvalue weighted by Gasteiger charge is 2.24. The number of hydrogen-bond donors (Lipinski definition) is 2. The van der Waals surface area contributed by atoms with Crippen LogP contribution in [0.4, 0.5) is 14.5 Å². The largest absolute Gasteiger partial charge is 0.399 e. The highest BCUT2D eigenvalue weighted by molar-refractivity contribution is 7.89. The van der Waals surface area contributed by atoms with E-state index in [4.69, 9.17) is 5.73 Å². The minimum atomic E-state index is -4.32. The number of anilines is 1. The topological polar surface area (TPSA) is 85.1 Å². The number of benzene rings is 1. The molecule has 3 N–H and O–H groups in total. The third kappa shape index (κ3) is 3.11. The minimum Gasteiger partial charge on any atom is -0.399 e. The zero-order chi connectivity index (χ0) is 14.9. The number of nitrogens with zero attached hydrogens (tertiary/aromatic N) is 1. The molecule has 2 rings (SSSR count). The van der Waals surface area contributed by atoms with Crippen LogP contribution in [0.2, 0.25) is 0 Å². The van der Waals surface area contributed by atoms with Crippen LogP contribution in [0.5, 0.6) is 0 Å². The molecule has 0 radical (unpaired) electrons. The van der Waals surface area contributed by atoms with E-state index < -0.39 is 26.6 Å². The van der Waals surface area contributed by atoms with Gasteiger partial charge in [0.2, 0.25) is 10.0 Å². The van der Waals surface area contributed by atoms with Crippen molar-refractivity contribution in [3.63, 3.8) is 0 Å². The predicted molar refractivity (Wildman–Crippen MR) is 71.6 cm³/mol. The van der Waals surface area contributed by atoms with Crippen LogP contribution < -0.4 is 10.5 Å². The fourth-order valence-electron chi connectivity index (χ4n) is 1.57. The second-order valence-corrected chi connectivity index (χ2v) is 6.76. The van der Waals surface area contributed by atoms with Gasteiger partial charge in [0.1, 0.15) is 11.6 Å². The van der Waals surface area contributed by atoms with Crippen molar-refractivity contribution in [1.29, 1.82) is 0 Å². The first kappa shape index (κ1) is 14.8. The molecule has 20 heavy (non-hydrogen) atoms. The number of nitrogens with one attached hydrogen (secondary N) is 1. The summed E-state index contributed by atoms with van der Waals surface area (Å²) in [5, 5.41) is 2.43. The van der Waals surface area contributed by atoms with Crippen LogP contribution in [0, 0.1) is 18.6 Å². The van der Waals surface area contributed by atoms with Gasteiger partial charge in [-0.3, -0.25) is 0 Å². The van der Waals surface area contributed by atoms with Crippen LogP contribution >= 0.6 is 11.3 Å². The normalized spacial score (nSPS) is 11.8. The number of nitrogens with two attached hydrogens (primary N) is 1. The fraction of sp³-hybridized carbons (Fsp3) is 0.182. The molecular weight excluding hydrogens is 308 g/mol. The lowest BCUT2D eigenvalue weighted by Crippen LogP contribution is -2.25. The quantitative estimate of drug-likeness (QED) is 0.841. The van der Waals surface area contributed by atoms with E-state index in [-0.39, 0.29) is 12.2 Å². The molecule has 0 bridgehead atoms. The van der Waals surface area contributed by atoms with E-state index in [1.54, 1.807) is 12.3 Å². The Morgan fingerprint density at radius 2 is 1.95 bits per heavy atom. The van der Waals surface area contributed by atoms with Crippen molar-refractivity contribution < 1.29 is 17.2 Å². The molecule has 1 aromatic heterocycles. The van der Waals surface area contributed by atoms with Gasteiger partial charge in [0.15, 0.2) is 4.90 Å². The van der Waals surface area contributed by atoms with Crippen LogP contribution in [0.15, 0.2) is 22.4 Å². The molecule has 0 saturated carbocycles. The second-order valence-electron chi connectivity index (χ2n) is 4.00. The minimum absolute atomic E-state index is 0.143. The number of hydrogen-bond acceptors (Lipinski definition) is 5. The Labute approximate surface area is 118 Å². The Kier molecular flexibility index (Phi) is 4.02. The summed E-state index contributed by atoms with van der Waals surface area (Å²) in [5.74, 6) is -2.46. The molecule has 1 heterocycles. The summed E-state index contributed by atoms with van der Waals surface area (Å²) in [6.45, 7) is 1.62. The maximum absolute atomic E-state index is 13.6. The Morgan fingerprint density at radius 3 is 2.45 bits per heavy atom. The van der Waals surface area contributed by atoms with Crippen LogP contribution in [-0.4, -0.2) is 13.4 Å². The van der Waals surface area contributed by atoms with Gasteiger partial charge in [-0.2, -0.15) is 0 Å². The van der Waals surface area contributed by atoms with E-state index in [1.165, 1.54) is 11.3 Å². The Hall–Kier alpha value is -1.58. The van der Waals surface area contributed by atoms with E-state index >= 15 is 0 Å². The zero-order valence-electron chi connectivity index (χ0n) is 10.4. The Balaban J connectivity index is 2.27. The first-order valence-electron chi connectivity index (χ1n) is 5.45. The number of halogens is 2. The van der Waals surface area contributed by atoms with Crippen molar-refractivity contribution in [2.24, 2.45) is 0 Å². The number of rotatable bonds is 4. The van der Waals surface area contributed by atoms with Gasteiger partial charge in [0.25, 0.3) is 0 Å². The van der Waals surface area contributed by atoms with Gasteiger partial charge in [-0.25, -0.2) is 26.9 Å². The summed E-state index contributed by atoms with van der Waals surface area (Å²) >= 11 is 1.35. The van der Waals surface area contributed by atoms with Crippen molar-refractivity contribution in [3.8, 4) is 0 Å². The lowest BCUT2D eigenvalue weighted by molar-refractivity contribution is 0.514. The number of sulfonamides is 1. The summed E-state index contributed by atoms with van der Waals surface area (Å²) in [7, 11) is -4.32. The molecule has 0 atom stereocenters. The van der Waals surface area contributed by atoms with E-state index in [1.807, 2.05) is 0 Å². The van der Waals surface area contributed by atoms with Crippen molar-refractivity contribution in [2.75, 3.05) is 5.73 Å².